The number of rotatable bonds is 5. The van der Waals surface area contributed by atoms with Crippen LogP contribution in [0.2, 0.25) is 0 Å². The monoisotopic (exact) mass is 636 g/mol. The molecule has 4 heterocycles. The van der Waals surface area contributed by atoms with Gasteiger partial charge in [0.15, 0.2) is 11.6 Å². The minimum Gasteiger partial charge on any atom is -0.378 e. The molecule has 0 bridgehead atoms. The molecule has 3 aromatic carbocycles. The van der Waals surface area contributed by atoms with Crippen molar-refractivity contribution in [1.29, 1.82) is 0 Å². The summed E-state index contributed by atoms with van der Waals surface area (Å²) >= 11 is 0. The van der Waals surface area contributed by atoms with Gasteiger partial charge in [0.05, 0.1) is 41.6 Å². The average Bonchev–Trinajstić information content (AvgIpc) is 3.36. The normalized spacial score (nSPS) is 17.9. The molecule has 1 saturated heterocycles. The number of Topliss-reactive ketones (excluding diaryl/α,β-unsaturated/α-hetero) is 1. The molecule has 1 unspecified atom stereocenters. The Morgan fingerprint density at radius 2 is 1.83 bits per heavy atom. The van der Waals surface area contributed by atoms with Crippen molar-refractivity contribution < 1.29 is 31.5 Å². The maximum Gasteiger partial charge on any atom is 0.417 e. The smallest absolute Gasteiger partial charge is 0.378 e. The number of halogens is 5. The molecular formula is C33H29F5N6O2. The van der Waals surface area contributed by atoms with Crippen molar-refractivity contribution in [2.24, 2.45) is 0 Å². The summed E-state index contributed by atoms with van der Waals surface area (Å²) in [6.45, 7) is 6.09. The lowest BCUT2D eigenvalue weighted by molar-refractivity contribution is -0.137. The summed E-state index contributed by atoms with van der Waals surface area (Å²) in [5, 5.41) is 9.55. The summed E-state index contributed by atoms with van der Waals surface area (Å²) in [6.07, 6.45) is -4.58. The van der Waals surface area contributed by atoms with Gasteiger partial charge in [-0.3, -0.25) is 4.79 Å². The maximum absolute atomic E-state index is 14.8. The van der Waals surface area contributed by atoms with Crippen molar-refractivity contribution in [1.82, 2.24) is 9.97 Å². The third-order valence-electron chi connectivity index (χ3n) is 8.61. The molecular weight excluding hydrogens is 607 g/mol. The zero-order chi connectivity index (χ0) is 32.3. The molecule has 0 amide bonds. The minimum absolute atomic E-state index is 0.0940. The zero-order valence-corrected chi connectivity index (χ0v) is 24.9. The van der Waals surface area contributed by atoms with Gasteiger partial charge in [-0.15, -0.1) is 0 Å². The molecule has 0 spiro atoms. The second-order valence-electron chi connectivity index (χ2n) is 11.5. The van der Waals surface area contributed by atoms with Crippen LogP contribution in [-0.4, -0.2) is 54.6 Å². The number of carbonyl (C=O) groups excluding carboxylic acids is 1. The third kappa shape index (κ3) is 5.08. The molecule has 3 aliphatic rings. The summed E-state index contributed by atoms with van der Waals surface area (Å²) < 4.78 is 79.0. The predicted molar refractivity (Wildman–Crippen MR) is 166 cm³/mol. The highest BCUT2D eigenvalue weighted by Gasteiger charge is 2.44. The van der Waals surface area contributed by atoms with E-state index in [9.17, 15) is 26.7 Å². The average molecular weight is 637 g/mol. The number of aromatic nitrogens is 2. The fraction of sp³-hybridized carbons (Fsp3) is 0.303. The number of anilines is 4. The number of benzene rings is 3. The molecule has 1 fully saturated rings. The molecule has 7 rings (SSSR count). The number of nitrogens with zero attached hydrogens (tertiary/aromatic N) is 3. The number of nitrogens with one attached hydrogen (secondary N) is 3. The molecule has 238 valence electrons. The van der Waals surface area contributed by atoms with Gasteiger partial charge in [-0.1, -0.05) is 6.92 Å². The summed E-state index contributed by atoms with van der Waals surface area (Å²) in [4.78, 5) is 24.4. The Labute approximate surface area is 260 Å². The summed E-state index contributed by atoms with van der Waals surface area (Å²) in [5.74, 6) is -2.31. The van der Waals surface area contributed by atoms with Crippen molar-refractivity contribution in [3.8, 4) is 11.4 Å². The van der Waals surface area contributed by atoms with Gasteiger partial charge in [0.1, 0.15) is 17.5 Å². The fourth-order valence-corrected chi connectivity index (χ4v) is 6.31. The van der Waals surface area contributed by atoms with Crippen LogP contribution in [0.1, 0.15) is 41.8 Å². The van der Waals surface area contributed by atoms with Crippen molar-refractivity contribution >= 4 is 45.3 Å². The summed E-state index contributed by atoms with van der Waals surface area (Å²) in [5.41, 5.74) is 0.760. The Morgan fingerprint density at radius 1 is 1.04 bits per heavy atom. The second kappa shape index (κ2) is 11.2. The standard InChI is InChI=1S/C33H29F5N6O2/c1-3-23-30(45)26-25(40-23)7-5-19(27(26)33(36,37)38)31-41-24-6-4-18(44-8-10-46-11-9-44)14-20(24)32(43-31)42-28-16(2)15-39-29-21(28)12-17(34)13-22(29)35/h4-7,12-14,23,39-40H,3,8-11,15H2,1-2H3,(H,41,42,43). The van der Waals surface area contributed by atoms with Crippen LogP contribution in [0, 0.1) is 11.6 Å². The first-order chi connectivity index (χ1) is 22.0. The highest BCUT2D eigenvalue weighted by atomic mass is 19.4. The van der Waals surface area contributed by atoms with E-state index in [4.69, 9.17) is 4.74 Å². The second-order valence-corrected chi connectivity index (χ2v) is 11.5. The first kappa shape index (κ1) is 29.9. The van der Waals surface area contributed by atoms with Gasteiger partial charge < -0.3 is 25.6 Å². The molecule has 3 N–H and O–H groups in total. The quantitative estimate of drug-likeness (QED) is 0.200. The Bertz CT molecular complexity index is 1940. The Hall–Kier alpha value is -4.78. The Morgan fingerprint density at radius 3 is 2.57 bits per heavy atom. The van der Waals surface area contributed by atoms with E-state index >= 15 is 0 Å². The highest BCUT2D eigenvalue weighted by Crippen LogP contribution is 2.45. The summed E-state index contributed by atoms with van der Waals surface area (Å²) in [7, 11) is 0. The van der Waals surface area contributed by atoms with Gasteiger partial charge in [-0.05, 0) is 55.3 Å². The highest BCUT2D eigenvalue weighted by molar-refractivity contribution is 6.13. The van der Waals surface area contributed by atoms with Gasteiger partial charge >= 0.3 is 6.18 Å². The van der Waals surface area contributed by atoms with Crippen LogP contribution in [0.5, 0.6) is 0 Å². The SMILES string of the molecule is CCC1Nc2ccc(-c3nc(NC4=C(C)CNc5c(F)cc(F)cc54)c4cc(N5CCOCC5)ccc4n3)c(C(F)(F)F)c2C1=O. The number of ketones is 1. The molecule has 0 saturated carbocycles. The summed E-state index contributed by atoms with van der Waals surface area (Å²) in [6, 6.07) is 9.27. The van der Waals surface area contributed by atoms with E-state index in [1.165, 1.54) is 18.2 Å². The largest absolute Gasteiger partial charge is 0.417 e. The maximum atomic E-state index is 14.8. The van der Waals surface area contributed by atoms with Crippen LogP contribution in [-0.2, 0) is 10.9 Å². The van der Waals surface area contributed by atoms with E-state index in [-0.39, 0.29) is 40.7 Å². The first-order valence-corrected chi connectivity index (χ1v) is 14.9. The van der Waals surface area contributed by atoms with Gasteiger partial charge in [0.25, 0.3) is 0 Å². The van der Waals surface area contributed by atoms with Crippen LogP contribution >= 0.6 is 0 Å². The number of carbonyl (C=O) groups is 1. The van der Waals surface area contributed by atoms with E-state index < -0.39 is 40.8 Å². The lowest BCUT2D eigenvalue weighted by Gasteiger charge is -2.29. The topological polar surface area (TPSA) is 91.4 Å². The molecule has 4 aromatic rings. The molecule has 3 aliphatic heterocycles. The van der Waals surface area contributed by atoms with Crippen molar-refractivity contribution in [2.45, 2.75) is 32.5 Å². The van der Waals surface area contributed by atoms with Gasteiger partial charge in [-0.2, -0.15) is 13.2 Å². The van der Waals surface area contributed by atoms with E-state index in [2.05, 4.69) is 30.8 Å². The molecule has 1 aromatic heterocycles. The molecule has 46 heavy (non-hydrogen) atoms. The predicted octanol–water partition coefficient (Wildman–Crippen LogP) is 7.09. The number of hydrogen-bond donors (Lipinski definition) is 3. The molecule has 8 nitrogen and oxygen atoms in total. The van der Waals surface area contributed by atoms with Gasteiger partial charge in [0, 0.05) is 59.3 Å². The van der Waals surface area contributed by atoms with Crippen molar-refractivity contribution in [2.75, 3.05) is 53.7 Å². The fourth-order valence-electron chi connectivity index (χ4n) is 6.31. The van der Waals surface area contributed by atoms with Crippen molar-refractivity contribution in [3.05, 3.63) is 76.4 Å². The van der Waals surface area contributed by atoms with E-state index in [0.29, 0.717) is 54.9 Å². The molecule has 0 radical (unpaired) electrons. The lowest BCUT2D eigenvalue weighted by atomic mass is 9.95. The number of alkyl halides is 3. The van der Waals surface area contributed by atoms with Crippen molar-refractivity contribution in [3.63, 3.8) is 0 Å². The number of morpholine rings is 1. The molecule has 1 atom stereocenters. The van der Waals surface area contributed by atoms with Crippen LogP contribution in [0.25, 0.3) is 28.0 Å². The molecule has 0 aliphatic carbocycles. The lowest BCUT2D eigenvalue weighted by Crippen LogP contribution is -2.36. The van der Waals surface area contributed by atoms with E-state index in [1.54, 1.807) is 19.9 Å². The van der Waals surface area contributed by atoms with Gasteiger partial charge in [0.2, 0.25) is 0 Å². The molecule has 13 heteroatoms. The van der Waals surface area contributed by atoms with Crippen LogP contribution in [0.4, 0.5) is 44.8 Å². The first-order valence-electron chi connectivity index (χ1n) is 14.9. The van der Waals surface area contributed by atoms with Gasteiger partial charge in [-0.25, -0.2) is 18.7 Å². The Balaban J connectivity index is 1.44. The van der Waals surface area contributed by atoms with Crippen LogP contribution in [0.3, 0.4) is 0 Å². The van der Waals surface area contributed by atoms with Crippen LogP contribution in [0.15, 0.2) is 48.0 Å². The van der Waals surface area contributed by atoms with E-state index in [0.717, 1.165) is 11.8 Å². The number of ether oxygens (including phenoxy) is 1. The minimum atomic E-state index is -4.89. The van der Waals surface area contributed by atoms with Crippen LogP contribution < -0.4 is 20.9 Å². The number of fused-ring (bicyclic) bond motifs is 3. The zero-order valence-electron chi connectivity index (χ0n) is 24.9. The Kier molecular flexibility index (Phi) is 7.30. The van der Waals surface area contributed by atoms with E-state index in [1.807, 2.05) is 12.1 Å². The number of hydrogen-bond acceptors (Lipinski definition) is 8. The third-order valence-corrected chi connectivity index (χ3v) is 8.61.